The van der Waals surface area contributed by atoms with Gasteiger partial charge >= 0.3 is 11.9 Å². The van der Waals surface area contributed by atoms with Crippen molar-refractivity contribution in [1.82, 2.24) is 0 Å². The Kier molecular flexibility index (Phi) is 4.44. The minimum atomic E-state index is -1.35. The molecule has 2 atom stereocenters. The molecule has 22 heavy (non-hydrogen) atoms. The molecule has 0 fully saturated rings. The first-order valence-electron chi connectivity index (χ1n) is 6.69. The fourth-order valence-corrected chi connectivity index (χ4v) is 2.36. The smallest absolute Gasteiger partial charge is 0.341 e. The summed E-state index contributed by atoms with van der Waals surface area (Å²) >= 11 is 0. The summed E-state index contributed by atoms with van der Waals surface area (Å²) in [6.45, 7) is 2.73. The highest BCUT2D eigenvalue weighted by molar-refractivity contribution is 6.13. The Morgan fingerprint density at radius 3 is 2.32 bits per heavy atom. The first kappa shape index (κ1) is 15.9. The van der Waals surface area contributed by atoms with Crippen molar-refractivity contribution in [3.63, 3.8) is 0 Å². The van der Waals surface area contributed by atoms with Gasteiger partial charge in [0.1, 0.15) is 0 Å². The summed E-state index contributed by atoms with van der Waals surface area (Å²) in [6, 6.07) is 7.76. The number of hydrogen-bond donors (Lipinski definition) is 3. The molecule has 0 aliphatic rings. The molecule has 2 rings (SSSR count). The SMILES string of the molecule is CC(O)OC(=O)c1c(C(C)O)ccc2cccc(C(=O)O)c12. The normalized spacial score (nSPS) is 13.6. The molecule has 3 N–H and O–H groups in total. The van der Waals surface area contributed by atoms with E-state index in [-0.39, 0.29) is 22.1 Å². The first-order valence-corrected chi connectivity index (χ1v) is 6.69. The van der Waals surface area contributed by atoms with Gasteiger partial charge in [0.25, 0.3) is 0 Å². The second-order valence-corrected chi connectivity index (χ2v) is 4.92. The molecule has 0 bridgehead atoms. The molecule has 2 unspecified atom stereocenters. The van der Waals surface area contributed by atoms with Crippen LogP contribution in [0.25, 0.3) is 10.8 Å². The standard InChI is InChI=1S/C16H16O6/c1-8(17)11-7-6-10-4-3-5-12(15(19)20)13(10)14(11)16(21)22-9(2)18/h3-9,17-18H,1-2H3,(H,19,20). The van der Waals surface area contributed by atoms with Crippen molar-refractivity contribution in [3.05, 3.63) is 47.0 Å². The van der Waals surface area contributed by atoms with Gasteiger partial charge in [-0.3, -0.25) is 0 Å². The summed E-state index contributed by atoms with van der Waals surface area (Å²) < 4.78 is 4.78. The highest BCUT2D eigenvalue weighted by Gasteiger charge is 2.24. The number of carboxylic acid groups (broad SMARTS) is 1. The van der Waals surface area contributed by atoms with Gasteiger partial charge in [-0.15, -0.1) is 0 Å². The fraction of sp³-hybridized carbons (Fsp3) is 0.250. The van der Waals surface area contributed by atoms with Crippen molar-refractivity contribution in [2.24, 2.45) is 0 Å². The van der Waals surface area contributed by atoms with Gasteiger partial charge in [-0.2, -0.15) is 0 Å². The number of aliphatic hydroxyl groups is 2. The van der Waals surface area contributed by atoms with E-state index < -0.39 is 24.3 Å². The second-order valence-electron chi connectivity index (χ2n) is 4.92. The number of esters is 1. The van der Waals surface area contributed by atoms with Crippen molar-refractivity contribution in [3.8, 4) is 0 Å². The van der Waals surface area contributed by atoms with Gasteiger partial charge in [0.05, 0.1) is 17.2 Å². The molecule has 0 saturated carbocycles. The maximum atomic E-state index is 12.3. The predicted molar refractivity (Wildman–Crippen MR) is 78.6 cm³/mol. The van der Waals surface area contributed by atoms with Crippen LogP contribution in [0.4, 0.5) is 0 Å². The van der Waals surface area contributed by atoms with Gasteiger partial charge in [-0.1, -0.05) is 24.3 Å². The zero-order valence-electron chi connectivity index (χ0n) is 12.1. The molecule has 2 aromatic carbocycles. The number of carboxylic acids is 1. The van der Waals surface area contributed by atoms with Crippen LogP contribution in [0.1, 0.15) is 46.2 Å². The molecule has 0 spiro atoms. The van der Waals surface area contributed by atoms with E-state index in [0.717, 1.165) is 0 Å². The Balaban J connectivity index is 2.85. The molecule has 0 aliphatic heterocycles. The van der Waals surface area contributed by atoms with Crippen LogP contribution in [0.2, 0.25) is 0 Å². The Bertz CT molecular complexity index is 733. The third-order valence-corrected chi connectivity index (χ3v) is 3.24. The van der Waals surface area contributed by atoms with Crippen LogP contribution in [0, 0.1) is 0 Å². The number of hydrogen-bond acceptors (Lipinski definition) is 5. The van der Waals surface area contributed by atoms with Gasteiger partial charge in [0.2, 0.25) is 0 Å². The predicted octanol–water partition coefficient (Wildman–Crippen LogP) is 2.09. The number of rotatable bonds is 4. The number of carbonyl (C=O) groups excluding carboxylic acids is 1. The van der Waals surface area contributed by atoms with E-state index in [4.69, 9.17) is 4.74 Å². The van der Waals surface area contributed by atoms with E-state index >= 15 is 0 Å². The van der Waals surface area contributed by atoms with E-state index in [2.05, 4.69) is 0 Å². The lowest BCUT2D eigenvalue weighted by molar-refractivity contribution is -0.0524. The van der Waals surface area contributed by atoms with Crippen molar-refractivity contribution >= 4 is 22.7 Å². The molecular formula is C16H16O6. The molecule has 0 aromatic heterocycles. The quantitative estimate of drug-likeness (QED) is 0.590. The summed E-state index contributed by atoms with van der Waals surface area (Å²) in [7, 11) is 0. The molecule has 0 amide bonds. The number of fused-ring (bicyclic) bond motifs is 1. The molecule has 6 heteroatoms. The van der Waals surface area contributed by atoms with Crippen LogP contribution in [0.3, 0.4) is 0 Å². The Morgan fingerprint density at radius 2 is 1.77 bits per heavy atom. The van der Waals surface area contributed by atoms with E-state index in [1.807, 2.05) is 0 Å². The number of benzene rings is 2. The summed E-state index contributed by atoms with van der Waals surface area (Å²) in [4.78, 5) is 23.7. The average molecular weight is 304 g/mol. The number of aliphatic hydroxyl groups excluding tert-OH is 2. The maximum absolute atomic E-state index is 12.3. The van der Waals surface area contributed by atoms with E-state index in [1.54, 1.807) is 18.2 Å². The molecule has 6 nitrogen and oxygen atoms in total. The Hall–Kier alpha value is -2.44. The number of ether oxygens (including phenoxy) is 1. The monoisotopic (exact) mass is 304 g/mol. The molecule has 0 radical (unpaired) electrons. The number of aromatic carboxylic acids is 1. The van der Waals surface area contributed by atoms with E-state index in [1.165, 1.54) is 26.0 Å². The highest BCUT2D eigenvalue weighted by Crippen LogP contribution is 2.30. The van der Waals surface area contributed by atoms with Crippen LogP contribution in [0.15, 0.2) is 30.3 Å². The molecule has 116 valence electrons. The van der Waals surface area contributed by atoms with Crippen LogP contribution >= 0.6 is 0 Å². The van der Waals surface area contributed by atoms with Crippen LogP contribution in [0.5, 0.6) is 0 Å². The van der Waals surface area contributed by atoms with Gasteiger partial charge in [0, 0.05) is 5.39 Å². The fourth-order valence-electron chi connectivity index (χ4n) is 2.36. The van der Waals surface area contributed by atoms with Crippen molar-refractivity contribution < 1.29 is 29.6 Å². The minimum absolute atomic E-state index is 0.0496. The Labute approximate surface area is 126 Å². The molecule has 2 aromatic rings. The van der Waals surface area contributed by atoms with Crippen LogP contribution in [-0.2, 0) is 4.74 Å². The minimum Gasteiger partial charge on any atom is -0.478 e. The summed E-state index contributed by atoms with van der Waals surface area (Å²) in [5.74, 6) is -2.08. The van der Waals surface area contributed by atoms with Crippen LogP contribution < -0.4 is 0 Å². The van der Waals surface area contributed by atoms with Crippen molar-refractivity contribution in [1.29, 1.82) is 0 Å². The van der Waals surface area contributed by atoms with Gasteiger partial charge < -0.3 is 20.1 Å². The summed E-state index contributed by atoms with van der Waals surface area (Å²) in [5, 5.41) is 29.1. The zero-order chi connectivity index (χ0) is 16.4. The first-order chi connectivity index (χ1) is 10.3. The largest absolute Gasteiger partial charge is 0.478 e. The third-order valence-electron chi connectivity index (χ3n) is 3.24. The summed E-state index contributed by atoms with van der Waals surface area (Å²) in [5.41, 5.74) is 0.121. The molecule has 0 saturated heterocycles. The van der Waals surface area contributed by atoms with Gasteiger partial charge in [-0.25, -0.2) is 9.59 Å². The molecule has 0 aliphatic carbocycles. The Morgan fingerprint density at radius 1 is 1.09 bits per heavy atom. The van der Waals surface area contributed by atoms with E-state index in [9.17, 15) is 24.9 Å². The van der Waals surface area contributed by atoms with Gasteiger partial charge in [-0.05, 0) is 30.9 Å². The maximum Gasteiger partial charge on any atom is 0.341 e. The summed E-state index contributed by atoms with van der Waals surface area (Å²) in [6.07, 6.45) is -2.34. The van der Waals surface area contributed by atoms with Crippen LogP contribution in [-0.4, -0.2) is 33.5 Å². The van der Waals surface area contributed by atoms with Crippen molar-refractivity contribution in [2.75, 3.05) is 0 Å². The van der Waals surface area contributed by atoms with Gasteiger partial charge in [0.15, 0.2) is 6.29 Å². The van der Waals surface area contributed by atoms with Crippen molar-refractivity contribution in [2.45, 2.75) is 26.2 Å². The van der Waals surface area contributed by atoms with E-state index in [0.29, 0.717) is 5.39 Å². The zero-order valence-corrected chi connectivity index (χ0v) is 12.1. The molecular weight excluding hydrogens is 288 g/mol. The average Bonchev–Trinajstić information content (AvgIpc) is 2.44. The second kappa shape index (κ2) is 6.13. The lowest BCUT2D eigenvalue weighted by Crippen LogP contribution is -2.17. The number of carbonyl (C=O) groups is 2. The topological polar surface area (TPSA) is 104 Å². The highest BCUT2D eigenvalue weighted by atomic mass is 16.6. The lowest BCUT2D eigenvalue weighted by atomic mass is 9.93. The third kappa shape index (κ3) is 2.93. The molecule has 0 heterocycles. The lowest BCUT2D eigenvalue weighted by Gasteiger charge is -2.16.